The Morgan fingerprint density at radius 1 is 0.870 bits per heavy atom. The zero-order valence-electron chi connectivity index (χ0n) is 11.6. The van der Waals surface area contributed by atoms with Crippen molar-refractivity contribution in [2.24, 2.45) is 0 Å². The molecule has 0 aliphatic heterocycles. The predicted octanol–water partition coefficient (Wildman–Crippen LogP) is 5.90. The molecule has 0 bridgehead atoms. The molecule has 3 aromatic rings. The van der Waals surface area contributed by atoms with Crippen LogP contribution in [0.1, 0.15) is 5.56 Å². The van der Waals surface area contributed by atoms with Crippen molar-refractivity contribution in [1.29, 1.82) is 0 Å². The minimum Gasteiger partial charge on any atom is -0.464 e. The first-order valence-electron chi connectivity index (χ1n) is 6.62. The fourth-order valence-electron chi connectivity index (χ4n) is 2.11. The van der Waals surface area contributed by atoms with E-state index < -0.39 is 17.6 Å². The van der Waals surface area contributed by atoms with Gasteiger partial charge in [-0.25, -0.2) is 4.39 Å². The maximum atomic E-state index is 13.3. The average molecular weight is 322 g/mol. The predicted molar refractivity (Wildman–Crippen MR) is 75.6 cm³/mol. The summed E-state index contributed by atoms with van der Waals surface area (Å²) in [6.07, 6.45) is -3.26. The average Bonchev–Trinajstić information content (AvgIpc) is 3.03. The summed E-state index contributed by atoms with van der Waals surface area (Å²) < 4.78 is 63.0. The number of rotatable bonds is 3. The van der Waals surface area contributed by atoms with E-state index in [-0.39, 0.29) is 22.8 Å². The van der Waals surface area contributed by atoms with Crippen LogP contribution in [0, 0.1) is 5.82 Å². The van der Waals surface area contributed by atoms with E-state index in [0.29, 0.717) is 0 Å². The third kappa shape index (κ3) is 3.36. The van der Waals surface area contributed by atoms with Crippen LogP contribution in [0.4, 0.5) is 17.6 Å². The molecule has 2 aromatic carbocycles. The van der Waals surface area contributed by atoms with Crippen molar-refractivity contribution >= 4 is 0 Å². The van der Waals surface area contributed by atoms with Crippen LogP contribution in [-0.2, 0) is 6.18 Å². The van der Waals surface area contributed by atoms with Crippen LogP contribution < -0.4 is 4.74 Å². The number of halogens is 4. The van der Waals surface area contributed by atoms with E-state index >= 15 is 0 Å². The maximum absolute atomic E-state index is 13.3. The Balaban J connectivity index is 1.99. The molecule has 1 heterocycles. The molecular formula is C17H10F4O2. The van der Waals surface area contributed by atoms with Gasteiger partial charge in [-0.1, -0.05) is 0 Å². The molecule has 0 aliphatic carbocycles. The molecule has 0 amide bonds. The molecule has 0 radical (unpaired) electrons. The Kier molecular flexibility index (Phi) is 3.82. The summed E-state index contributed by atoms with van der Waals surface area (Å²) in [6.45, 7) is 0. The van der Waals surface area contributed by atoms with Crippen molar-refractivity contribution in [2.45, 2.75) is 6.18 Å². The van der Waals surface area contributed by atoms with E-state index in [2.05, 4.69) is 0 Å². The number of furan rings is 1. The van der Waals surface area contributed by atoms with Gasteiger partial charge in [-0.2, -0.15) is 13.2 Å². The Morgan fingerprint density at radius 3 is 2.17 bits per heavy atom. The first-order chi connectivity index (χ1) is 10.9. The summed E-state index contributed by atoms with van der Waals surface area (Å²) in [6, 6.07) is 11.5. The lowest BCUT2D eigenvalue weighted by atomic mass is 10.0. The lowest BCUT2D eigenvalue weighted by Crippen LogP contribution is -2.07. The third-order valence-electron chi connectivity index (χ3n) is 3.13. The Labute approximate surface area is 128 Å². The monoisotopic (exact) mass is 322 g/mol. The highest BCUT2D eigenvalue weighted by molar-refractivity contribution is 5.64. The summed E-state index contributed by atoms with van der Waals surface area (Å²) in [5.41, 5.74) is -0.944. The van der Waals surface area contributed by atoms with E-state index in [1.807, 2.05) is 0 Å². The molecular weight excluding hydrogens is 312 g/mol. The maximum Gasteiger partial charge on any atom is 0.417 e. The molecule has 0 fully saturated rings. The second-order valence-electron chi connectivity index (χ2n) is 4.74. The van der Waals surface area contributed by atoms with Gasteiger partial charge in [0, 0.05) is 5.56 Å². The highest BCUT2D eigenvalue weighted by atomic mass is 19.4. The van der Waals surface area contributed by atoms with Crippen molar-refractivity contribution in [3.63, 3.8) is 0 Å². The highest BCUT2D eigenvalue weighted by Gasteiger charge is 2.35. The van der Waals surface area contributed by atoms with Gasteiger partial charge < -0.3 is 9.15 Å². The smallest absolute Gasteiger partial charge is 0.417 e. The van der Waals surface area contributed by atoms with Crippen molar-refractivity contribution in [3.05, 3.63) is 72.2 Å². The van der Waals surface area contributed by atoms with Gasteiger partial charge in [0.05, 0.1) is 11.8 Å². The fourth-order valence-corrected chi connectivity index (χ4v) is 2.11. The molecule has 118 valence electrons. The van der Waals surface area contributed by atoms with E-state index in [0.717, 1.165) is 18.2 Å². The van der Waals surface area contributed by atoms with Gasteiger partial charge in [0.15, 0.2) is 0 Å². The minimum absolute atomic E-state index is 0.000704. The van der Waals surface area contributed by atoms with E-state index in [4.69, 9.17) is 9.15 Å². The number of hydrogen-bond acceptors (Lipinski definition) is 2. The Hall–Kier alpha value is -2.76. The molecule has 2 nitrogen and oxygen atoms in total. The molecule has 6 heteroatoms. The summed E-state index contributed by atoms with van der Waals surface area (Å²) in [5, 5.41) is 0. The quantitative estimate of drug-likeness (QED) is 0.560. The van der Waals surface area contributed by atoms with Crippen LogP contribution in [-0.4, -0.2) is 0 Å². The first kappa shape index (κ1) is 15.1. The lowest BCUT2D eigenvalue weighted by molar-refractivity contribution is -0.137. The van der Waals surface area contributed by atoms with Gasteiger partial charge in [0.2, 0.25) is 0 Å². The summed E-state index contributed by atoms with van der Waals surface area (Å²) in [5.74, 6) is -0.100. The molecule has 3 rings (SSSR count). The minimum atomic E-state index is -4.57. The molecule has 23 heavy (non-hydrogen) atoms. The van der Waals surface area contributed by atoms with Crippen LogP contribution in [0.3, 0.4) is 0 Å². The second kappa shape index (κ2) is 5.79. The zero-order valence-corrected chi connectivity index (χ0v) is 11.6. The summed E-state index contributed by atoms with van der Waals surface area (Å²) >= 11 is 0. The number of alkyl halides is 3. The topological polar surface area (TPSA) is 22.4 Å². The number of ether oxygens (including phenoxy) is 1. The normalized spacial score (nSPS) is 11.5. The summed E-state index contributed by atoms with van der Waals surface area (Å²) in [7, 11) is 0. The number of benzene rings is 2. The summed E-state index contributed by atoms with van der Waals surface area (Å²) in [4.78, 5) is 0. The van der Waals surface area contributed by atoms with Gasteiger partial charge in [-0.05, 0) is 54.6 Å². The van der Waals surface area contributed by atoms with E-state index in [1.54, 1.807) is 0 Å². The van der Waals surface area contributed by atoms with E-state index in [1.165, 1.54) is 42.7 Å². The van der Waals surface area contributed by atoms with Gasteiger partial charge >= 0.3 is 6.18 Å². The Morgan fingerprint density at radius 2 is 1.57 bits per heavy atom. The van der Waals surface area contributed by atoms with Gasteiger partial charge in [-0.15, -0.1) is 0 Å². The number of hydrogen-bond donors (Lipinski definition) is 0. The van der Waals surface area contributed by atoms with Crippen molar-refractivity contribution in [3.8, 4) is 22.8 Å². The van der Waals surface area contributed by atoms with Crippen LogP contribution in [0.15, 0.2) is 65.3 Å². The second-order valence-corrected chi connectivity index (χ2v) is 4.74. The van der Waals surface area contributed by atoms with Crippen LogP contribution >= 0.6 is 0 Å². The van der Waals surface area contributed by atoms with E-state index in [9.17, 15) is 17.6 Å². The molecule has 0 aliphatic rings. The van der Waals surface area contributed by atoms with Crippen molar-refractivity contribution < 1.29 is 26.7 Å². The fraction of sp³-hybridized carbons (Fsp3) is 0.0588. The molecule has 0 saturated carbocycles. The standard InChI is InChI=1S/C17H10F4O2/c18-11-3-5-12(6-4-11)23-13-7-8-14(16-2-1-9-22-16)15(10-13)17(19,20)21/h1-10H. The Bertz CT molecular complexity index is 790. The van der Waals surface area contributed by atoms with Crippen LogP contribution in [0.2, 0.25) is 0 Å². The van der Waals surface area contributed by atoms with Crippen molar-refractivity contribution in [2.75, 3.05) is 0 Å². The molecule has 0 N–H and O–H groups in total. The van der Waals surface area contributed by atoms with Crippen LogP contribution in [0.25, 0.3) is 11.3 Å². The highest BCUT2D eigenvalue weighted by Crippen LogP contribution is 2.40. The molecule has 0 unspecified atom stereocenters. The lowest BCUT2D eigenvalue weighted by Gasteiger charge is -2.14. The van der Waals surface area contributed by atoms with Gasteiger partial charge in [-0.3, -0.25) is 0 Å². The largest absolute Gasteiger partial charge is 0.464 e. The third-order valence-corrected chi connectivity index (χ3v) is 3.13. The molecule has 0 spiro atoms. The van der Waals surface area contributed by atoms with Gasteiger partial charge in [0.25, 0.3) is 0 Å². The first-order valence-corrected chi connectivity index (χ1v) is 6.62. The van der Waals surface area contributed by atoms with Crippen LogP contribution in [0.5, 0.6) is 11.5 Å². The molecule has 1 aromatic heterocycles. The zero-order chi connectivity index (χ0) is 16.4. The SMILES string of the molecule is Fc1ccc(Oc2ccc(-c3ccco3)c(C(F)(F)F)c2)cc1. The van der Waals surface area contributed by atoms with Crippen molar-refractivity contribution in [1.82, 2.24) is 0 Å². The molecule has 0 atom stereocenters. The van der Waals surface area contributed by atoms with Gasteiger partial charge in [0.1, 0.15) is 23.1 Å². The molecule has 0 saturated heterocycles.